The maximum absolute atomic E-state index is 11.5. The lowest BCUT2D eigenvalue weighted by Crippen LogP contribution is -2.35. The van der Waals surface area contributed by atoms with Gasteiger partial charge in [-0.2, -0.15) is 5.10 Å². The molecule has 2 heterocycles. The van der Waals surface area contributed by atoms with Gasteiger partial charge in [-0.1, -0.05) is 31.4 Å². The van der Waals surface area contributed by atoms with E-state index in [1.165, 1.54) is 0 Å². The standard InChI is InChI=1S/C20H29N3OS/c1-6-7-8-16(2)17(3)13-18(4)19-14-21-23(15-19)20-9-11-22(12-10-20)25(5)24/h6-7,13-15,20H,2,4,8-12H2,1,3,5H3/b7-6-,17-13+. The maximum Gasteiger partial charge on any atom is 0.0910 e. The van der Waals surface area contributed by atoms with Crippen molar-refractivity contribution < 1.29 is 4.21 Å². The maximum atomic E-state index is 11.5. The molecular formula is C20H29N3OS. The van der Waals surface area contributed by atoms with Crippen LogP contribution in [0.25, 0.3) is 5.57 Å². The Morgan fingerprint density at radius 3 is 2.68 bits per heavy atom. The highest BCUT2D eigenvalue weighted by Crippen LogP contribution is 2.25. The fourth-order valence-corrected chi connectivity index (χ4v) is 3.66. The zero-order chi connectivity index (χ0) is 18.4. The predicted octanol–water partition coefficient (Wildman–Crippen LogP) is 4.30. The molecule has 5 heteroatoms. The quantitative estimate of drug-likeness (QED) is 0.538. The van der Waals surface area contributed by atoms with Crippen molar-refractivity contribution >= 4 is 16.6 Å². The van der Waals surface area contributed by atoms with Gasteiger partial charge in [0.2, 0.25) is 0 Å². The van der Waals surface area contributed by atoms with Crippen LogP contribution in [0.1, 0.15) is 44.7 Å². The first-order valence-electron chi connectivity index (χ1n) is 8.72. The van der Waals surface area contributed by atoms with Crippen LogP contribution in [0.2, 0.25) is 0 Å². The second-order valence-corrected chi connectivity index (χ2v) is 7.89. The molecule has 136 valence electrons. The van der Waals surface area contributed by atoms with Gasteiger partial charge < -0.3 is 0 Å². The number of hydrogen-bond acceptors (Lipinski definition) is 2. The van der Waals surface area contributed by atoms with Crippen molar-refractivity contribution in [3.63, 3.8) is 0 Å². The zero-order valence-corrected chi connectivity index (χ0v) is 16.4. The van der Waals surface area contributed by atoms with Crippen LogP contribution in [0.5, 0.6) is 0 Å². The monoisotopic (exact) mass is 359 g/mol. The summed E-state index contributed by atoms with van der Waals surface area (Å²) in [6.07, 6.45) is 14.7. The van der Waals surface area contributed by atoms with Gasteiger partial charge >= 0.3 is 0 Å². The van der Waals surface area contributed by atoms with Gasteiger partial charge in [0.05, 0.1) is 23.2 Å². The van der Waals surface area contributed by atoms with E-state index in [1.54, 1.807) is 6.26 Å². The van der Waals surface area contributed by atoms with Crippen LogP contribution in [0, 0.1) is 0 Å². The molecule has 0 N–H and O–H groups in total. The molecule has 0 aliphatic carbocycles. The average molecular weight is 360 g/mol. The molecule has 1 aromatic rings. The van der Waals surface area contributed by atoms with E-state index < -0.39 is 11.0 Å². The first-order valence-corrected chi connectivity index (χ1v) is 10.2. The van der Waals surface area contributed by atoms with Crippen LogP contribution >= 0.6 is 0 Å². The number of rotatable bonds is 7. The van der Waals surface area contributed by atoms with Crippen molar-refractivity contribution in [1.82, 2.24) is 14.1 Å². The highest BCUT2D eigenvalue weighted by atomic mass is 32.2. The van der Waals surface area contributed by atoms with E-state index >= 15 is 0 Å². The molecule has 2 rings (SSSR count). The fourth-order valence-electron chi connectivity index (χ4n) is 2.94. The second kappa shape index (κ2) is 9.11. The van der Waals surface area contributed by atoms with Crippen LogP contribution in [-0.4, -0.2) is 37.6 Å². The van der Waals surface area contributed by atoms with Gasteiger partial charge in [0.15, 0.2) is 0 Å². The lowest BCUT2D eigenvalue weighted by atomic mass is 10.0. The van der Waals surface area contributed by atoms with E-state index in [0.29, 0.717) is 6.04 Å². The molecule has 0 saturated carbocycles. The average Bonchev–Trinajstić information content (AvgIpc) is 3.09. The van der Waals surface area contributed by atoms with E-state index in [1.807, 2.05) is 28.2 Å². The van der Waals surface area contributed by atoms with Gasteiger partial charge in [0.25, 0.3) is 0 Å². The minimum absolute atomic E-state index is 0.371. The van der Waals surface area contributed by atoms with Crippen molar-refractivity contribution in [2.24, 2.45) is 0 Å². The predicted molar refractivity (Wildman–Crippen MR) is 107 cm³/mol. The van der Waals surface area contributed by atoms with Crippen molar-refractivity contribution in [3.05, 3.63) is 60.5 Å². The summed E-state index contributed by atoms with van der Waals surface area (Å²) in [6.45, 7) is 14.1. The Morgan fingerprint density at radius 2 is 2.08 bits per heavy atom. The number of piperidine rings is 1. The van der Waals surface area contributed by atoms with E-state index in [2.05, 4.69) is 43.5 Å². The van der Waals surface area contributed by atoms with Crippen molar-refractivity contribution in [2.45, 2.75) is 39.2 Å². The molecule has 1 aliphatic heterocycles. The molecule has 0 radical (unpaired) electrons. The Labute approximate surface area is 154 Å². The van der Waals surface area contributed by atoms with E-state index in [-0.39, 0.29) is 0 Å². The van der Waals surface area contributed by atoms with Gasteiger partial charge in [-0.25, -0.2) is 8.51 Å². The third-order valence-corrected chi connectivity index (χ3v) is 5.77. The fraction of sp³-hybridized carbons (Fsp3) is 0.450. The largest absolute Gasteiger partial charge is 0.269 e. The summed E-state index contributed by atoms with van der Waals surface area (Å²) < 4.78 is 15.6. The van der Waals surface area contributed by atoms with Crippen LogP contribution in [0.4, 0.5) is 0 Å². The summed E-state index contributed by atoms with van der Waals surface area (Å²) in [5.41, 5.74) is 4.25. The Hall–Kier alpha value is -1.72. The molecule has 4 nitrogen and oxygen atoms in total. The third kappa shape index (κ3) is 5.38. The molecule has 1 aromatic heterocycles. The molecule has 1 atom stereocenters. The third-order valence-electron chi connectivity index (χ3n) is 4.68. The Bertz CT molecular complexity index is 706. The summed E-state index contributed by atoms with van der Waals surface area (Å²) in [5.74, 6) is 0. The van der Waals surface area contributed by atoms with E-state index in [0.717, 1.165) is 54.6 Å². The Morgan fingerprint density at radius 1 is 1.40 bits per heavy atom. The van der Waals surface area contributed by atoms with E-state index in [9.17, 15) is 4.21 Å². The SMILES string of the molecule is C=C(C/C=C\C)/C(C)=C/C(=C)c1cnn(C2CCN(S(C)=O)CC2)c1. The molecule has 1 unspecified atom stereocenters. The zero-order valence-electron chi connectivity index (χ0n) is 15.6. The summed E-state index contributed by atoms with van der Waals surface area (Å²) in [6, 6.07) is 0.371. The topological polar surface area (TPSA) is 38.1 Å². The Balaban J connectivity index is 2.00. The molecule has 25 heavy (non-hydrogen) atoms. The lowest BCUT2D eigenvalue weighted by molar-refractivity contribution is 0.270. The second-order valence-electron chi connectivity index (χ2n) is 6.52. The minimum atomic E-state index is -0.871. The summed E-state index contributed by atoms with van der Waals surface area (Å²) >= 11 is 0. The molecule has 1 aliphatic rings. The van der Waals surface area contributed by atoms with Crippen molar-refractivity contribution in [1.29, 1.82) is 0 Å². The number of allylic oxidation sites excluding steroid dienone is 6. The van der Waals surface area contributed by atoms with Crippen molar-refractivity contribution in [3.8, 4) is 0 Å². The Kier molecular flexibility index (Phi) is 7.14. The first kappa shape index (κ1) is 19.6. The minimum Gasteiger partial charge on any atom is -0.269 e. The highest BCUT2D eigenvalue weighted by molar-refractivity contribution is 7.81. The molecule has 1 fully saturated rings. The molecule has 0 spiro atoms. The summed E-state index contributed by atoms with van der Waals surface area (Å²) in [4.78, 5) is 0. The smallest absolute Gasteiger partial charge is 0.0910 e. The summed E-state index contributed by atoms with van der Waals surface area (Å²) in [7, 11) is -0.871. The number of aromatic nitrogens is 2. The van der Waals surface area contributed by atoms with Gasteiger partial charge in [0, 0.05) is 31.1 Å². The van der Waals surface area contributed by atoms with Crippen LogP contribution < -0.4 is 0 Å². The lowest BCUT2D eigenvalue weighted by Gasteiger charge is -2.29. The van der Waals surface area contributed by atoms with Gasteiger partial charge in [0.1, 0.15) is 0 Å². The number of hydrogen-bond donors (Lipinski definition) is 0. The highest BCUT2D eigenvalue weighted by Gasteiger charge is 2.22. The van der Waals surface area contributed by atoms with Crippen LogP contribution in [0.3, 0.4) is 0 Å². The molecule has 0 aromatic carbocycles. The molecule has 0 amide bonds. The van der Waals surface area contributed by atoms with Gasteiger partial charge in [-0.3, -0.25) is 4.68 Å². The van der Waals surface area contributed by atoms with Gasteiger partial charge in [-0.05, 0) is 49.8 Å². The van der Waals surface area contributed by atoms with Crippen LogP contribution in [0.15, 0.2) is 54.9 Å². The molecule has 1 saturated heterocycles. The van der Waals surface area contributed by atoms with E-state index in [4.69, 9.17) is 0 Å². The molecule has 0 bridgehead atoms. The number of nitrogens with zero attached hydrogens (tertiary/aromatic N) is 3. The van der Waals surface area contributed by atoms with Crippen molar-refractivity contribution in [2.75, 3.05) is 19.3 Å². The summed E-state index contributed by atoms with van der Waals surface area (Å²) in [5, 5.41) is 4.53. The van der Waals surface area contributed by atoms with Gasteiger partial charge in [-0.15, -0.1) is 0 Å². The first-order chi connectivity index (χ1) is 11.9. The normalized spacial score (nSPS) is 18.6. The van der Waals surface area contributed by atoms with Crippen LogP contribution in [-0.2, 0) is 11.0 Å². The molecular weight excluding hydrogens is 330 g/mol.